The van der Waals surface area contributed by atoms with Gasteiger partial charge < -0.3 is 5.11 Å². The van der Waals surface area contributed by atoms with Gasteiger partial charge in [0.05, 0.1) is 0 Å². The molecule has 0 unspecified atom stereocenters. The van der Waals surface area contributed by atoms with Gasteiger partial charge in [-0.2, -0.15) is 0 Å². The first-order valence-corrected chi connectivity index (χ1v) is 10.0. The molecule has 24 heavy (non-hydrogen) atoms. The van der Waals surface area contributed by atoms with Crippen molar-refractivity contribution in [2.45, 2.75) is 56.5 Å². The van der Waals surface area contributed by atoms with Gasteiger partial charge in [0.2, 0.25) is 0 Å². The monoisotopic (exact) mass is 328 g/mol. The number of fused-ring (bicyclic) bond motifs is 1. The predicted molar refractivity (Wildman–Crippen MR) is 98.2 cm³/mol. The van der Waals surface area contributed by atoms with Crippen LogP contribution in [0.2, 0.25) is 0 Å². The zero-order chi connectivity index (χ0) is 16.4. The van der Waals surface area contributed by atoms with Crippen molar-refractivity contribution in [2.24, 2.45) is 5.92 Å². The fourth-order valence-electron chi connectivity index (χ4n) is 5.42. The summed E-state index contributed by atoms with van der Waals surface area (Å²) in [5, 5.41) is 10.1. The second-order valence-electron chi connectivity index (χ2n) is 8.07. The molecule has 0 spiro atoms. The minimum absolute atomic E-state index is 0.319. The molecule has 0 amide bonds. The number of piperazine rings is 1. The summed E-state index contributed by atoms with van der Waals surface area (Å²) in [6.45, 7) is 5.01. The van der Waals surface area contributed by atoms with E-state index in [2.05, 4.69) is 40.1 Å². The Bertz CT molecular complexity index is 512. The van der Waals surface area contributed by atoms with Gasteiger partial charge in [0, 0.05) is 56.7 Å². The first-order valence-electron chi connectivity index (χ1n) is 10.0. The maximum atomic E-state index is 10.1. The number of hydrogen-bond acceptors (Lipinski definition) is 3. The third-order valence-electron chi connectivity index (χ3n) is 6.79. The van der Waals surface area contributed by atoms with E-state index in [1.54, 1.807) is 0 Å². The summed E-state index contributed by atoms with van der Waals surface area (Å²) in [5.41, 5.74) is 1.41. The Morgan fingerprint density at radius 1 is 0.875 bits per heavy atom. The summed E-state index contributed by atoms with van der Waals surface area (Å²) in [7, 11) is 0. The Morgan fingerprint density at radius 3 is 2.29 bits per heavy atom. The number of aliphatic hydroxyl groups excluding tert-OH is 1. The Morgan fingerprint density at radius 2 is 1.58 bits per heavy atom. The minimum Gasteiger partial charge on any atom is -0.396 e. The summed E-state index contributed by atoms with van der Waals surface area (Å²) in [5.74, 6) is 0.885. The van der Waals surface area contributed by atoms with E-state index in [9.17, 15) is 5.11 Å². The lowest BCUT2D eigenvalue weighted by molar-refractivity contribution is 0.0423. The fraction of sp³-hybridized carbons (Fsp3) is 0.714. The van der Waals surface area contributed by atoms with Gasteiger partial charge in [-0.1, -0.05) is 56.0 Å². The molecular weight excluding hydrogens is 296 g/mol. The molecule has 1 aromatic rings. The molecular formula is C21H32N2O. The van der Waals surface area contributed by atoms with Crippen LogP contribution in [-0.4, -0.2) is 59.8 Å². The summed E-state index contributed by atoms with van der Waals surface area (Å²) in [6.07, 6.45) is 8.44. The molecule has 3 aliphatic rings. The van der Waals surface area contributed by atoms with E-state index in [1.165, 1.54) is 63.7 Å². The van der Waals surface area contributed by atoms with Crippen molar-refractivity contribution in [1.29, 1.82) is 0 Å². The molecule has 1 N–H and O–H groups in total. The van der Waals surface area contributed by atoms with Gasteiger partial charge in [0.1, 0.15) is 0 Å². The highest BCUT2D eigenvalue weighted by Gasteiger charge is 2.45. The molecule has 3 atom stereocenters. The van der Waals surface area contributed by atoms with E-state index >= 15 is 0 Å². The van der Waals surface area contributed by atoms with Crippen molar-refractivity contribution >= 4 is 0 Å². The van der Waals surface area contributed by atoms with Crippen LogP contribution in [0, 0.1) is 5.92 Å². The van der Waals surface area contributed by atoms with E-state index < -0.39 is 0 Å². The zero-order valence-electron chi connectivity index (χ0n) is 14.8. The molecule has 0 bridgehead atoms. The highest BCUT2D eigenvalue weighted by atomic mass is 16.3. The van der Waals surface area contributed by atoms with Gasteiger partial charge >= 0.3 is 0 Å². The van der Waals surface area contributed by atoms with E-state index in [0.717, 1.165) is 12.6 Å². The number of aliphatic hydroxyl groups is 1. The quantitative estimate of drug-likeness (QED) is 0.864. The van der Waals surface area contributed by atoms with Gasteiger partial charge in [-0.15, -0.1) is 0 Å². The van der Waals surface area contributed by atoms with Crippen LogP contribution in [0.3, 0.4) is 0 Å². The molecule has 1 aromatic carbocycles. The molecule has 2 saturated heterocycles. The van der Waals surface area contributed by atoms with Crippen LogP contribution in [0.5, 0.6) is 0 Å². The smallest absolute Gasteiger partial charge is 0.0481 e. The average molecular weight is 328 g/mol. The van der Waals surface area contributed by atoms with Crippen molar-refractivity contribution in [3.8, 4) is 0 Å². The SMILES string of the molecule is OC[C@@H]1[C@H]2CN(C3CCCCCC3)CCN2C[C@H]1c1ccccc1. The largest absolute Gasteiger partial charge is 0.396 e. The second kappa shape index (κ2) is 7.55. The first-order chi connectivity index (χ1) is 11.9. The normalized spacial score (nSPS) is 33.3. The third-order valence-corrected chi connectivity index (χ3v) is 6.79. The Hall–Kier alpha value is -0.900. The third kappa shape index (κ3) is 3.26. The number of benzene rings is 1. The van der Waals surface area contributed by atoms with Gasteiger partial charge in [-0.3, -0.25) is 9.80 Å². The molecule has 1 saturated carbocycles. The lowest BCUT2D eigenvalue weighted by Gasteiger charge is -2.43. The van der Waals surface area contributed by atoms with Gasteiger partial charge in [-0.05, 0) is 18.4 Å². The van der Waals surface area contributed by atoms with Crippen LogP contribution in [0.1, 0.15) is 50.0 Å². The topological polar surface area (TPSA) is 26.7 Å². The number of nitrogens with zero attached hydrogens (tertiary/aromatic N) is 2. The Labute approximate surface area is 146 Å². The van der Waals surface area contributed by atoms with Crippen molar-refractivity contribution in [2.75, 3.05) is 32.8 Å². The molecule has 4 rings (SSSR count). The molecule has 3 fully saturated rings. The Kier molecular flexibility index (Phi) is 5.21. The summed E-state index contributed by atoms with van der Waals surface area (Å²) < 4.78 is 0. The van der Waals surface area contributed by atoms with Crippen molar-refractivity contribution in [3.05, 3.63) is 35.9 Å². The van der Waals surface area contributed by atoms with E-state index in [0.29, 0.717) is 24.5 Å². The van der Waals surface area contributed by atoms with Gasteiger partial charge in [-0.25, -0.2) is 0 Å². The van der Waals surface area contributed by atoms with Crippen molar-refractivity contribution in [1.82, 2.24) is 9.80 Å². The van der Waals surface area contributed by atoms with E-state index in [-0.39, 0.29) is 0 Å². The highest BCUT2D eigenvalue weighted by Crippen LogP contribution is 2.39. The second-order valence-corrected chi connectivity index (χ2v) is 8.07. The van der Waals surface area contributed by atoms with E-state index in [4.69, 9.17) is 0 Å². The molecule has 0 aromatic heterocycles. The molecule has 3 nitrogen and oxygen atoms in total. The van der Waals surface area contributed by atoms with Gasteiger partial charge in [0.25, 0.3) is 0 Å². The number of hydrogen-bond donors (Lipinski definition) is 1. The van der Waals surface area contributed by atoms with Crippen LogP contribution < -0.4 is 0 Å². The molecule has 1 aliphatic carbocycles. The first kappa shape index (κ1) is 16.6. The molecule has 3 heteroatoms. The standard InChI is InChI=1S/C21H32N2O/c24-16-20-19(17-8-4-3-5-9-17)14-23-13-12-22(15-21(20)23)18-10-6-1-2-7-11-18/h3-5,8-9,18-21,24H,1-2,6-7,10-16H2/t19-,20-,21+/m0/s1. The van der Waals surface area contributed by atoms with Crippen LogP contribution in [0.15, 0.2) is 30.3 Å². The minimum atomic E-state index is 0.319. The van der Waals surface area contributed by atoms with Crippen LogP contribution >= 0.6 is 0 Å². The lowest BCUT2D eigenvalue weighted by atomic mass is 9.85. The van der Waals surface area contributed by atoms with Crippen LogP contribution in [0.4, 0.5) is 0 Å². The number of rotatable bonds is 3. The summed E-state index contributed by atoms with van der Waals surface area (Å²) >= 11 is 0. The van der Waals surface area contributed by atoms with Crippen LogP contribution in [-0.2, 0) is 0 Å². The maximum Gasteiger partial charge on any atom is 0.0481 e. The average Bonchev–Trinajstić information content (AvgIpc) is 2.80. The lowest BCUT2D eigenvalue weighted by Crippen LogP contribution is -2.55. The predicted octanol–water partition coefficient (Wildman–Crippen LogP) is 3.10. The maximum absolute atomic E-state index is 10.1. The van der Waals surface area contributed by atoms with Crippen molar-refractivity contribution < 1.29 is 5.11 Å². The van der Waals surface area contributed by atoms with Crippen molar-refractivity contribution in [3.63, 3.8) is 0 Å². The van der Waals surface area contributed by atoms with Crippen LogP contribution in [0.25, 0.3) is 0 Å². The molecule has 0 radical (unpaired) electrons. The molecule has 132 valence electrons. The highest BCUT2D eigenvalue weighted by molar-refractivity contribution is 5.24. The Balaban J connectivity index is 1.48. The molecule has 2 heterocycles. The summed E-state index contributed by atoms with van der Waals surface area (Å²) in [6, 6.07) is 12.2. The zero-order valence-corrected chi connectivity index (χ0v) is 14.8. The fourth-order valence-corrected chi connectivity index (χ4v) is 5.42. The van der Waals surface area contributed by atoms with E-state index in [1.807, 2.05) is 0 Å². The van der Waals surface area contributed by atoms with Gasteiger partial charge in [0.15, 0.2) is 0 Å². The molecule has 2 aliphatic heterocycles. The summed E-state index contributed by atoms with van der Waals surface area (Å²) in [4.78, 5) is 5.42.